The maximum absolute atomic E-state index is 12.2. The molecule has 1 unspecified atom stereocenters. The number of aryl methyl sites for hydroxylation is 1. The van der Waals surface area contributed by atoms with Gasteiger partial charge in [0, 0.05) is 17.1 Å². The first-order valence-electron chi connectivity index (χ1n) is 5.98. The van der Waals surface area contributed by atoms with Crippen molar-refractivity contribution in [3.63, 3.8) is 0 Å². The molecule has 0 bridgehead atoms. The summed E-state index contributed by atoms with van der Waals surface area (Å²) in [5, 5.41) is 3.27. The van der Waals surface area contributed by atoms with Gasteiger partial charge in [-0.1, -0.05) is 15.9 Å². The third kappa shape index (κ3) is 3.32. The molecule has 1 aromatic carbocycles. The lowest BCUT2D eigenvalue weighted by Crippen LogP contribution is -2.37. The van der Waals surface area contributed by atoms with Gasteiger partial charge in [0.25, 0.3) is 0 Å². The van der Waals surface area contributed by atoms with Crippen LogP contribution in [-0.4, -0.2) is 27.5 Å². The fraction of sp³-hybridized carbons (Fsp3) is 0.500. The van der Waals surface area contributed by atoms with E-state index in [4.69, 9.17) is 0 Å². The largest absolute Gasteiger partial charge is 0.313 e. The Balaban J connectivity index is 2.09. The van der Waals surface area contributed by atoms with Crippen molar-refractivity contribution in [2.24, 2.45) is 0 Å². The van der Waals surface area contributed by atoms with Gasteiger partial charge in [-0.05, 0) is 50.1 Å². The van der Waals surface area contributed by atoms with Crippen LogP contribution in [0.5, 0.6) is 0 Å². The number of hydrogen-bond donors (Lipinski definition) is 2. The van der Waals surface area contributed by atoms with Crippen LogP contribution in [0, 0.1) is 6.92 Å². The molecule has 1 aromatic rings. The summed E-state index contributed by atoms with van der Waals surface area (Å²) in [6, 6.07) is 5.44. The highest BCUT2D eigenvalue weighted by molar-refractivity contribution is 9.10. The Labute approximate surface area is 116 Å². The van der Waals surface area contributed by atoms with Gasteiger partial charge in [0.15, 0.2) is 0 Å². The molecule has 0 aromatic heterocycles. The standard InChI is InChI=1S/C12H17BrN2O2S/c1-9-7-10(13)4-5-12(9)18(16,17)15-8-11-3-2-6-14-11/h4-5,7,11,14-15H,2-3,6,8H2,1H3. The van der Waals surface area contributed by atoms with Gasteiger partial charge in [-0.3, -0.25) is 0 Å². The molecule has 18 heavy (non-hydrogen) atoms. The van der Waals surface area contributed by atoms with E-state index in [9.17, 15) is 8.42 Å². The number of benzene rings is 1. The highest BCUT2D eigenvalue weighted by atomic mass is 79.9. The van der Waals surface area contributed by atoms with Crippen LogP contribution in [0.15, 0.2) is 27.6 Å². The zero-order chi connectivity index (χ0) is 13.2. The van der Waals surface area contributed by atoms with Crippen LogP contribution in [0.3, 0.4) is 0 Å². The van der Waals surface area contributed by atoms with E-state index < -0.39 is 10.0 Å². The molecule has 0 radical (unpaired) electrons. The highest BCUT2D eigenvalue weighted by Gasteiger charge is 2.20. The van der Waals surface area contributed by atoms with Crippen molar-refractivity contribution in [1.29, 1.82) is 0 Å². The Morgan fingerprint density at radius 1 is 1.50 bits per heavy atom. The molecule has 0 saturated carbocycles. The van der Waals surface area contributed by atoms with Gasteiger partial charge in [0.1, 0.15) is 0 Å². The maximum atomic E-state index is 12.2. The summed E-state index contributed by atoms with van der Waals surface area (Å²) in [6.07, 6.45) is 2.14. The molecule has 0 aliphatic carbocycles. The van der Waals surface area contributed by atoms with Gasteiger partial charge in [-0.15, -0.1) is 0 Å². The van der Waals surface area contributed by atoms with E-state index in [1.54, 1.807) is 19.1 Å². The van der Waals surface area contributed by atoms with Crippen molar-refractivity contribution >= 4 is 26.0 Å². The predicted molar refractivity (Wildman–Crippen MR) is 75.1 cm³/mol. The molecule has 1 aliphatic rings. The Bertz CT molecular complexity index is 525. The summed E-state index contributed by atoms with van der Waals surface area (Å²) in [6.45, 7) is 3.23. The minimum atomic E-state index is -3.41. The van der Waals surface area contributed by atoms with E-state index in [1.165, 1.54) is 0 Å². The van der Waals surface area contributed by atoms with Crippen LogP contribution in [0.4, 0.5) is 0 Å². The fourth-order valence-corrected chi connectivity index (χ4v) is 3.91. The second-order valence-electron chi connectivity index (χ2n) is 4.55. The summed E-state index contributed by atoms with van der Waals surface area (Å²) < 4.78 is 27.9. The first kappa shape index (κ1) is 14.0. The predicted octanol–water partition coefficient (Wildman–Crippen LogP) is 1.79. The Kier molecular flexibility index (Phi) is 4.42. The average Bonchev–Trinajstić information content (AvgIpc) is 2.78. The molecule has 1 aliphatic heterocycles. The van der Waals surface area contributed by atoms with Crippen molar-refractivity contribution in [3.8, 4) is 0 Å². The van der Waals surface area contributed by atoms with Crippen molar-refractivity contribution in [1.82, 2.24) is 10.0 Å². The Hall–Kier alpha value is -0.430. The number of rotatable bonds is 4. The fourth-order valence-electron chi connectivity index (χ4n) is 2.13. The molecule has 6 heteroatoms. The lowest BCUT2D eigenvalue weighted by Gasteiger charge is -2.13. The van der Waals surface area contributed by atoms with Crippen LogP contribution in [0.1, 0.15) is 18.4 Å². The van der Waals surface area contributed by atoms with Crippen molar-refractivity contribution in [2.75, 3.05) is 13.1 Å². The van der Waals surface area contributed by atoms with Gasteiger partial charge in [0.05, 0.1) is 4.90 Å². The molecular weight excluding hydrogens is 316 g/mol. The smallest absolute Gasteiger partial charge is 0.240 e. The average molecular weight is 333 g/mol. The first-order chi connectivity index (χ1) is 8.49. The van der Waals surface area contributed by atoms with Gasteiger partial charge in [-0.25, -0.2) is 13.1 Å². The maximum Gasteiger partial charge on any atom is 0.240 e. The summed E-state index contributed by atoms with van der Waals surface area (Å²) in [5.41, 5.74) is 0.747. The topological polar surface area (TPSA) is 58.2 Å². The molecule has 100 valence electrons. The summed E-state index contributed by atoms with van der Waals surface area (Å²) in [4.78, 5) is 0.351. The summed E-state index contributed by atoms with van der Waals surface area (Å²) in [7, 11) is -3.41. The van der Waals surface area contributed by atoms with Crippen LogP contribution in [0.25, 0.3) is 0 Å². The molecule has 4 nitrogen and oxygen atoms in total. The zero-order valence-electron chi connectivity index (χ0n) is 10.2. The van der Waals surface area contributed by atoms with Crippen LogP contribution in [0.2, 0.25) is 0 Å². The monoisotopic (exact) mass is 332 g/mol. The van der Waals surface area contributed by atoms with E-state index >= 15 is 0 Å². The van der Waals surface area contributed by atoms with Crippen molar-refractivity contribution in [2.45, 2.75) is 30.7 Å². The zero-order valence-corrected chi connectivity index (χ0v) is 12.6. The van der Waals surface area contributed by atoms with E-state index in [0.717, 1.165) is 29.4 Å². The van der Waals surface area contributed by atoms with Crippen LogP contribution >= 0.6 is 15.9 Å². The SMILES string of the molecule is Cc1cc(Br)ccc1S(=O)(=O)NCC1CCCN1. The van der Waals surface area contributed by atoms with Crippen LogP contribution < -0.4 is 10.0 Å². The highest BCUT2D eigenvalue weighted by Crippen LogP contribution is 2.20. The van der Waals surface area contributed by atoms with Gasteiger partial charge in [-0.2, -0.15) is 0 Å². The normalized spacial score (nSPS) is 20.2. The third-order valence-electron chi connectivity index (χ3n) is 3.11. The third-order valence-corrected chi connectivity index (χ3v) is 5.19. The first-order valence-corrected chi connectivity index (χ1v) is 8.26. The molecular formula is C12H17BrN2O2S. The summed E-state index contributed by atoms with van der Waals surface area (Å²) >= 11 is 3.33. The lowest BCUT2D eigenvalue weighted by atomic mass is 10.2. The minimum absolute atomic E-state index is 0.260. The number of sulfonamides is 1. The molecule has 2 N–H and O–H groups in total. The second-order valence-corrected chi connectivity index (χ2v) is 7.21. The van der Waals surface area contributed by atoms with Crippen molar-refractivity contribution in [3.05, 3.63) is 28.2 Å². The summed E-state index contributed by atoms with van der Waals surface area (Å²) in [5.74, 6) is 0. The van der Waals surface area contributed by atoms with Gasteiger partial charge < -0.3 is 5.32 Å². The van der Waals surface area contributed by atoms with E-state index in [1.807, 2.05) is 6.07 Å². The molecule has 1 atom stereocenters. The molecule has 0 spiro atoms. The molecule has 1 fully saturated rings. The number of nitrogens with one attached hydrogen (secondary N) is 2. The molecule has 1 saturated heterocycles. The van der Waals surface area contributed by atoms with E-state index in [2.05, 4.69) is 26.0 Å². The van der Waals surface area contributed by atoms with Gasteiger partial charge >= 0.3 is 0 Å². The minimum Gasteiger partial charge on any atom is -0.313 e. The Morgan fingerprint density at radius 2 is 2.28 bits per heavy atom. The van der Waals surface area contributed by atoms with Crippen LogP contribution in [-0.2, 0) is 10.0 Å². The molecule has 1 heterocycles. The van der Waals surface area contributed by atoms with E-state index in [-0.39, 0.29) is 6.04 Å². The van der Waals surface area contributed by atoms with Gasteiger partial charge in [0.2, 0.25) is 10.0 Å². The lowest BCUT2D eigenvalue weighted by molar-refractivity contribution is 0.551. The number of halogens is 1. The van der Waals surface area contributed by atoms with E-state index in [0.29, 0.717) is 11.4 Å². The van der Waals surface area contributed by atoms with Crippen molar-refractivity contribution < 1.29 is 8.42 Å². The quantitative estimate of drug-likeness (QED) is 0.883. The molecule has 2 rings (SSSR count). The molecule has 0 amide bonds. The number of hydrogen-bond acceptors (Lipinski definition) is 3. The Morgan fingerprint density at radius 3 is 2.89 bits per heavy atom. The second kappa shape index (κ2) is 5.69.